The van der Waals surface area contributed by atoms with E-state index in [0.29, 0.717) is 0 Å². The maximum absolute atomic E-state index is 12.7. The molecule has 0 unspecified atom stereocenters. The second-order valence-electron chi connectivity index (χ2n) is 4.76. The Labute approximate surface area is 139 Å². The Kier molecular flexibility index (Phi) is 5.08. The number of aromatic nitrogens is 1. The molecule has 0 aliphatic rings. The Morgan fingerprint density at radius 3 is 2.46 bits per heavy atom. The van der Waals surface area contributed by atoms with Gasteiger partial charge >= 0.3 is 6.18 Å². The van der Waals surface area contributed by atoms with Gasteiger partial charge in [0.1, 0.15) is 5.82 Å². The van der Waals surface area contributed by atoms with Crippen LogP contribution in [0.15, 0.2) is 36.5 Å². The zero-order valence-corrected chi connectivity index (χ0v) is 13.0. The van der Waals surface area contributed by atoms with Crippen molar-refractivity contribution in [3.63, 3.8) is 0 Å². The number of nitrogens with zero attached hydrogens (tertiary/aromatic N) is 1. The van der Waals surface area contributed by atoms with Gasteiger partial charge in [0, 0.05) is 18.7 Å². The second kappa shape index (κ2) is 6.88. The number of hydrogen-bond acceptors (Lipinski definition) is 3. The fourth-order valence-electron chi connectivity index (χ4n) is 1.81. The monoisotopic (exact) mass is 357 g/mol. The lowest BCUT2D eigenvalue weighted by Gasteiger charge is -2.12. The minimum Gasteiger partial charge on any atom is -0.321 e. The molecular formula is C15H11ClF3N3O2. The number of carbonyl (C=O) groups is 2. The van der Waals surface area contributed by atoms with Crippen LogP contribution >= 0.6 is 11.6 Å². The van der Waals surface area contributed by atoms with E-state index in [4.69, 9.17) is 11.6 Å². The van der Waals surface area contributed by atoms with Crippen LogP contribution in [0.1, 0.15) is 22.8 Å². The molecule has 5 nitrogen and oxygen atoms in total. The Hall–Kier alpha value is -2.61. The molecule has 2 rings (SSSR count). The van der Waals surface area contributed by atoms with Crippen molar-refractivity contribution >= 4 is 34.9 Å². The standard InChI is InChI=1S/C15H11ClF3N3O2/c1-8(23)21-13-6-9(4-5-20-13)14(24)22-12-7-10(15(17,18)19)2-3-11(12)16/h2-7H,1H3,(H,22,24)(H,20,21,23). The smallest absolute Gasteiger partial charge is 0.321 e. The lowest BCUT2D eigenvalue weighted by molar-refractivity contribution is -0.137. The Balaban J connectivity index is 2.25. The largest absolute Gasteiger partial charge is 0.416 e. The van der Waals surface area contributed by atoms with E-state index in [2.05, 4.69) is 15.6 Å². The predicted molar refractivity (Wildman–Crippen MR) is 82.9 cm³/mol. The van der Waals surface area contributed by atoms with Crippen molar-refractivity contribution < 1.29 is 22.8 Å². The summed E-state index contributed by atoms with van der Waals surface area (Å²) >= 11 is 5.83. The number of carbonyl (C=O) groups excluding carboxylic acids is 2. The van der Waals surface area contributed by atoms with Gasteiger partial charge in [0.25, 0.3) is 5.91 Å². The maximum atomic E-state index is 12.7. The molecule has 0 spiro atoms. The van der Waals surface area contributed by atoms with E-state index in [1.807, 2.05) is 0 Å². The molecule has 2 N–H and O–H groups in total. The number of hydrogen-bond donors (Lipinski definition) is 2. The molecule has 24 heavy (non-hydrogen) atoms. The lowest BCUT2D eigenvalue weighted by atomic mass is 10.1. The highest BCUT2D eigenvalue weighted by Gasteiger charge is 2.31. The quantitative estimate of drug-likeness (QED) is 0.873. The summed E-state index contributed by atoms with van der Waals surface area (Å²) in [4.78, 5) is 27.0. The van der Waals surface area contributed by atoms with Gasteiger partial charge in [0.2, 0.25) is 5.91 Å². The van der Waals surface area contributed by atoms with Crippen LogP contribution in [0.4, 0.5) is 24.7 Å². The van der Waals surface area contributed by atoms with Crippen molar-refractivity contribution in [2.45, 2.75) is 13.1 Å². The number of alkyl halides is 3. The van der Waals surface area contributed by atoms with Crippen molar-refractivity contribution in [1.29, 1.82) is 0 Å². The van der Waals surface area contributed by atoms with E-state index in [1.165, 1.54) is 25.3 Å². The highest BCUT2D eigenvalue weighted by molar-refractivity contribution is 6.34. The van der Waals surface area contributed by atoms with Crippen LogP contribution in [0.25, 0.3) is 0 Å². The highest BCUT2D eigenvalue weighted by atomic mass is 35.5. The zero-order valence-electron chi connectivity index (χ0n) is 12.2. The normalized spacial score (nSPS) is 11.0. The van der Waals surface area contributed by atoms with Gasteiger partial charge in [0.15, 0.2) is 0 Å². The summed E-state index contributed by atoms with van der Waals surface area (Å²) in [5, 5.41) is 4.67. The Bertz CT molecular complexity index is 794. The minimum absolute atomic E-state index is 0.0347. The number of rotatable bonds is 3. The summed E-state index contributed by atoms with van der Waals surface area (Å²) in [7, 11) is 0. The molecule has 0 bridgehead atoms. The fourth-order valence-corrected chi connectivity index (χ4v) is 1.98. The number of nitrogens with one attached hydrogen (secondary N) is 2. The van der Waals surface area contributed by atoms with E-state index < -0.39 is 17.6 Å². The summed E-state index contributed by atoms with van der Waals surface area (Å²) in [6.07, 6.45) is -3.27. The first-order chi connectivity index (χ1) is 11.2. The van der Waals surface area contributed by atoms with Crippen molar-refractivity contribution in [2.75, 3.05) is 10.6 Å². The Morgan fingerprint density at radius 2 is 1.83 bits per heavy atom. The molecule has 1 aromatic carbocycles. The molecule has 2 aromatic rings. The third-order valence-corrected chi connectivity index (χ3v) is 3.20. The van der Waals surface area contributed by atoms with E-state index in [0.717, 1.165) is 18.2 Å². The van der Waals surface area contributed by atoms with Crippen molar-refractivity contribution in [2.24, 2.45) is 0 Å². The molecular weight excluding hydrogens is 347 g/mol. The molecule has 0 aliphatic carbocycles. The average Bonchev–Trinajstić information content (AvgIpc) is 2.48. The fraction of sp³-hybridized carbons (Fsp3) is 0.133. The van der Waals surface area contributed by atoms with Gasteiger partial charge in [-0.1, -0.05) is 11.6 Å². The molecule has 1 aromatic heterocycles. The summed E-state index contributed by atoms with van der Waals surface area (Å²) in [6, 6.07) is 5.26. The second-order valence-corrected chi connectivity index (χ2v) is 5.16. The number of amides is 2. The molecule has 126 valence electrons. The topological polar surface area (TPSA) is 71.1 Å². The first kappa shape index (κ1) is 17.7. The number of anilines is 2. The van der Waals surface area contributed by atoms with Crippen LogP contribution in [0, 0.1) is 0 Å². The molecule has 0 radical (unpaired) electrons. The summed E-state index contributed by atoms with van der Waals surface area (Å²) in [5.41, 5.74) is -1.01. The van der Waals surface area contributed by atoms with Gasteiger partial charge in [-0.25, -0.2) is 4.98 Å². The van der Waals surface area contributed by atoms with E-state index in [-0.39, 0.29) is 28.0 Å². The van der Waals surface area contributed by atoms with Gasteiger partial charge in [-0.05, 0) is 30.3 Å². The van der Waals surface area contributed by atoms with Crippen LogP contribution in [-0.2, 0) is 11.0 Å². The van der Waals surface area contributed by atoms with E-state index in [9.17, 15) is 22.8 Å². The van der Waals surface area contributed by atoms with Crippen LogP contribution in [0.2, 0.25) is 5.02 Å². The van der Waals surface area contributed by atoms with Crippen molar-refractivity contribution in [1.82, 2.24) is 4.98 Å². The molecule has 0 saturated heterocycles. The van der Waals surface area contributed by atoms with Crippen LogP contribution in [-0.4, -0.2) is 16.8 Å². The van der Waals surface area contributed by atoms with Gasteiger partial charge < -0.3 is 10.6 Å². The highest BCUT2D eigenvalue weighted by Crippen LogP contribution is 2.34. The molecule has 0 saturated carbocycles. The molecule has 2 amide bonds. The van der Waals surface area contributed by atoms with Crippen LogP contribution in [0.3, 0.4) is 0 Å². The zero-order chi connectivity index (χ0) is 17.9. The molecule has 9 heteroatoms. The molecule has 0 aliphatic heterocycles. The predicted octanol–water partition coefficient (Wildman–Crippen LogP) is 3.96. The van der Waals surface area contributed by atoms with Crippen molar-refractivity contribution in [3.05, 3.63) is 52.7 Å². The maximum Gasteiger partial charge on any atom is 0.416 e. The number of halogens is 4. The Morgan fingerprint density at radius 1 is 1.12 bits per heavy atom. The van der Waals surface area contributed by atoms with Gasteiger partial charge in [-0.3, -0.25) is 9.59 Å². The summed E-state index contributed by atoms with van der Waals surface area (Å²) < 4.78 is 38.2. The first-order valence-corrected chi connectivity index (χ1v) is 6.96. The van der Waals surface area contributed by atoms with Gasteiger partial charge in [-0.2, -0.15) is 13.2 Å². The third kappa shape index (κ3) is 4.45. The molecule has 1 heterocycles. The van der Waals surface area contributed by atoms with Gasteiger partial charge in [0.05, 0.1) is 16.3 Å². The SMILES string of the molecule is CC(=O)Nc1cc(C(=O)Nc2cc(C(F)(F)F)ccc2Cl)ccn1. The van der Waals surface area contributed by atoms with Crippen LogP contribution in [0.5, 0.6) is 0 Å². The van der Waals surface area contributed by atoms with Gasteiger partial charge in [-0.15, -0.1) is 0 Å². The van der Waals surface area contributed by atoms with Crippen LogP contribution < -0.4 is 10.6 Å². The number of benzene rings is 1. The van der Waals surface area contributed by atoms with E-state index in [1.54, 1.807) is 0 Å². The molecule has 0 atom stereocenters. The molecule has 0 fully saturated rings. The number of pyridine rings is 1. The minimum atomic E-state index is -4.56. The lowest BCUT2D eigenvalue weighted by Crippen LogP contribution is -2.15. The summed E-state index contributed by atoms with van der Waals surface area (Å²) in [5.74, 6) is -0.920. The summed E-state index contributed by atoms with van der Waals surface area (Å²) in [6.45, 7) is 1.27. The third-order valence-electron chi connectivity index (χ3n) is 2.87. The van der Waals surface area contributed by atoms with E-state index >= 15 is 0 Å². The average molecular weight is 358 g/mol. The first-order valence-electron chi connectivity index (χ1n) is 6.58. The van der Waals surface area contributed by atoms with Crippen molar-refractivity contribution in [3.8, 4) is 0 Å².